The molecule has 5 aliphatic heterocycles. The Bertz CT molecular complexity index is 2480. The summed E-state index contributed by atoms with van der Waals surface area (Å²) in [4.78, 5) is 74.7. The van der Waals surface area contributed by atoms with Gasteiger partial charge in [-0.2, -0.15) is 0 Å². The van der Waals surface area contributed by atoms with E-state index in [2.05, 4.69) is 42.2 Å². The molecule has 0 aliphatic carbocycles. The van der Waals surface area contributed by atoms with Crippen molar-refractivity contribution < 1.29 is 33.0 Å². The van der Waals surface area contributed by atoms with E-state index in [0.29, 0.717) is 87.4 Å². The highest BCUT2D eigenvalue weighted by molar-refractivity contribution is 6.01. The van der Waals surface area contributed by atoms with E-state index in [4.69, 9.17) is 14.5 Å². The maximum Gasteiger partial charge on any atom is 0.415 e. The Morgan fingerprint density at radius 2 is 1.73 bits per heavy atom. The lowest BCUT2D eigenvalue weighted by Crippen LogP contribution is -2.71. The van der Waals surface area contributed by atoms with Crippen LogP contribution in [0.25, 0.3) is 0 Å². The van der Waals surface area contributed by atoms with E-state index in [1.54, 1.807) is 29.4 Å². The second-order valence-corrected chi connectivity index (χ2v) is 18.7. The second kappa shape index (κ2) is 17.0. The van der Waals surface area contributed by atoms with Crippen LogP contribution in [0.1, 0.15) is 74.4 Å². The van der Waals surface area contributed by atoms with Gasteiger partial charge in [0.25, 0.3) is 0 Å². The number of aromatic nitrogens is 3. The molecule has 64 heavy (non-hydrogen) atoms. The van der Waals surface area contributed by atoms with Gasteiger partial charge >= 0.3 is 6.09 Å². The summed E-state index contributed by atoms with van der Waals surface area (Å²) in [5.41, 5.74) is 6.29. The molecule has 2 aromatic heterocycles. The summed E-state index contributed by atoms with van der Waals surface area (Å²) in [5, 5.41) is 5.59. The number of hydrogen-bond donors (Lipinski definition) is 2. The molecule has 5 aliphatic rings. The zero-order valence-electron chi connectivity index (χ0n) is 37.1. The highest BCUT2D eigenvalue weighted by Gasteiger charge is 2.45. The number of benzene rings is 2. The third-order valence-corrected chi connectivity index (χ3v) is 13.0. The second-order valence-electron chi connectivity index (χ2n) is 18.7. The number of pyridine rings is 1. The van der Waals surface area contributed by atoms with Crippen molar-refractivity contribution in [2.24, 2.45) is 0 Å². The number of hydrogen-bond acceptors (Lipinski definition) is 13. The summed E-state index contributed by atoms with van der Waals surface area (Å²) in [6.07, 6.45) is 4.68. The van der Waals surface area contributed by atoms with E-state index in [9.17, 15) is 19.2 Å². The van der Waals surface area contributed by atoms with Gasteiger partial charge in [0.05, 0.1) is 48.5 Å². The normalized spacial score (nSPS) is 19.8. The first kappa shape index (κ1) is 42.9. The lowest BCUT2D eigenvalue weighted by molar-refractivity contribution is -0.135. The molecule has 3 saturated heterocycles. The third-order valence-electron chi connectivity index (χ3n) is 13.0. The van der Waals surface area contributed by atoms with Gasteiger partial charge in [-0.15, -0.1) is 0 Å². The molecule has 2 aromatic carbocycles. The molecule has 16 nitrogen and oxygen atoms in total. The monoisotopic (exact) mass is 874 g/mol. The molecule has 0 bridgehead atoms. The number of piperazine rings is 1. The largest absolute Gasteiger partial charge is 0.474 e. The van der Waals surface area contributed by atoms with Crippen molar-refractivity contribution in [1.29, 1.82) is 0 Å². The summed E-state index contributed by atoms with van der Waals surface area (Å²) in [7, 11) is 0. The van der Waals surface area contributed by atoms with Crippen LogP contribution in [0, 0.1) is 12.7 Å². The zero-order valence-corrected chi connectivity index (χ0v) is 37.1. The van der Waals surface area contributed by atoms with Crippen LogP contribution in [0.4, 0.5) is 37.9 Å². The van der Waals surface area contributed by atoms with E-state index in [1.807, 2.05) is 56.9 Å². The van der Waals surface area contributed by atoms with Gasteiger partial charge in [-0.25, -0.2) is 24.1 Å². The molecule has 7 heterocycles. The number of carbonyl (C=O) groups excluding carboxylic acids is 4. The maximum atomic E-state index is 15.6. The Morgan fingerprint density at radius 3 is 2.45 bits per heavy atom. The van der Waals surface area contributed by atoms with Crippen LogP contribution < -0.4 is 30.1 Å². The standard InChI is InChI=1S/C47H55FN10O6/c1-29-38(25-49-43-41(29)58(20-21-63-43)45(62)64-46(2,3)4)55-15-14-32-24-50-44(52-37(32)26-55)51-33-9-6-31(36(48)23-33)22-40(60)54-16-18-57(19-17-54)47(5)27-56(28-47)34-10-7-30(8-11-34)35-12-13-39(59)53-42(35)61/h6-11,23-25,35H,12-22,26-28H2,1-5H3,(H,50,51,52)(H,53,59,61). The van der Waals surface area contributed by atoms with Gasteiger partial charge in [-0.3, -0.25) is 29.5 Å². The number of carbonyl (C=O) groups is 4. The summed E-state index contributed by atoms with van der Waals surface area (Å²) in [6, 6.07) is 12.8. The van der Waals surface area contributed by atoms with Crippen LogP contribution >= 0.6 is 0 Å². The minimum Gasteiger partial charge on any atom is -0.474 e. The number of anilines is 5. The quantitative estimate of drug-likeness (QED) is 0.221. The molecular formula is C47H55FN10O6. The van der Waals surface area contributed by atoms with E-state index in [-0.39, 0.29) is 35.6 Å². The molecule has 9 rings (SSSR count). The predicted octanol–water partition coefficient (Wildman–Crippen LogP) is 5.25. The van der Waals surface area contributed by atoms with Gasteiger partial charge in [-0.05, 0) is 88.4 Å². The van der Waals surface area contributed by atoms with Crippen LogP contribution in [-0.4, -0.2) is 119 Å². The van der Waals surface area contributed by atoms with Crippen molar-refractivity contribution in [2.75, 3.05) is 79.0 Å². The van der Waals surface area contributed by atoms with Crippen molar-refractivity contribution in [3.63, 3.8) is 0 Å². The van der Waals surface area contributed by atoms with Crippen LogP contribution in [0.5, 0.6) is 5.88 Å². The number of nitrogens with one attached hydrogen (secondary N) is 2. The van der Waals surface area contributed by atoms with Crippen LogP contribution in [0.15, 0.2) is 54.9 Å². The first-order valence-electron chi connectivity index (χ1n) is 22.1. The van der Waals surface area contributed by atoms with Crippen molar-refractivity contribution in [2.45, 2.75) is 83.9 Å². The predicted molar refractivity (Wildman–Crippen MR) is 239 cm³/mol. The van der Waals surface area contributed by atoms with E-state index < -0.39 is 17.5 Å². The van der Waals surface area contributed by atoms with Crippen molar-refractivity contribution >= 4 is 52.5 Å². The molecule has 4 aromatic rings. The number of piperidine rings is 1. The van der Waals surface area contributed by atoms with Crippen LogP contribution in [0.3, 0.4) is 0 Å². The first-order valence-corrected chi connectivity index (χ1v) is 22.1. The smallest absolute Gasteiger partial charge is 0.415 e. The van der Waals surface area contributed by atoms with Crippen molar-refractivity contribution in [1.82, 2.24) is 30.1 Å². The van der Waals surface area contributed by atoms with E-state index in [1.165, 1.54) is 6.07 Å². The number of halogens is 1. The average molecular weight is 875 g/mol. The fourth-order valence-corrected chi connectivity index (χ4v) is 9.47. The Labute approximate surface area is 372 Å². The van der Waals surface area contributed by atoms with Gasteiger partial charge in [0.15, 0.2) is 0 Å². The van der Waals surface area contributed by atoms with E-state index >= 15 is 4.39 Å². The lowest BCUT2D eigenvalue weighted by Gasteiger charge is -2.56. The Hall–Kier alpha value is -6.36. The molecule has 3 fully saturated rings. The van der Waals surface area contributed by atoms with Gasteiger partial charge in [-0.1, -0.05) is 18.2 Å². The molecule has 17 heteroatoms. The summed E-state index contributed by atoms with van der Waals surface area (Å²) < 4.78 is 27.1. The topological polar surface area (TPSA) is 166 Å². The first-order chi connectivity index (χ1) is 30.6. The molecular weight excluding hydrogens is 820 g/mol. The molecule has 1 atom stereocenters. The number of imide groups is 1. The van der Waals surface area contributed by atoms with Crippen molar-refractivity contribution in [3.8, 4) is 5.88 Å². The molecule has 1 unspecified atom stereocenters. The lowest BCUT2D eigenvalue weighted by atomic mass is 9.87. The van der Waals surface area contributed by atoms with Crippen LogP contribution in [0.2, 0.25) is 0 Å². The zero-order chi connectivity index (χ0) is 44.9. The third kappa shape index (κ3) is 8.77. The van der Waals surface area contributed by atoms with Gasteiger partial charge in [0.2, 0.25) is 29.5 Å². The van der Waals surface area contributed by atoms with E-state index in [0.717, 1.165) is 59.9 Å². The fourth-order valence-electron chi connectivity index (χ4n) is 9.47. The Kier molecular flexibility index (Phi) is 11.4. The summed E-state index contributed by atoms with van der Waals surface area (Å²) in [6.45, 7) is 15.9. The number of fused-ring (bicyclic) bond motifs is 2. The molecule has 0 saturated carbocycles. The highest BCUT2D eigenvalue weighted by atomic mass is 19.1. The molecule has 2 N–H and O–H groups in total. The molecule has 336 valence electrons. The summed E-state index contributed by atoms with van der Waals surface area (Å²) in [5.74, 6) is -0.598. The number of ether oxygens (including phenoxy) is 2. The number of amides is 4. The van der Waals surface area contributed by atoms with Gasteiger partial charge in [0.1, 0.15) is 23.7 Å². The SMILES string of the molecule is Cc1c(N2CCc3cnc(Nc4ccc(CC(=O)N5CCN(C6(C)CN(c7ccc(C8CCC(=O)NC8=O)cc7)C6)CC5)c(F)c4)nc3C2)cnc2c1N(C(=O)OC(C)(C)C)CCO2. The number of nitrogens with zero attached hydrogens (tertiary/aromatic N) is 8. The van der Waals surface area contributed by atoms with Gasteiger partial charge in [0, 0.05) is 75.4 Å². The maximum absolute atomic E-state index is 15.6. The molecule has 4 amide bonds. The molecule has 0 radical (unpaired) electrons. The average Bonchev–Trinajstić information content (AvgIpc) is 3.25. The number of rotatable bonds is 8. The van der Waals surface area contributed by atoms with Crippen molar-refractivity contribution in [3.05, 3.63) is 88.6 Å². The highest BCUT2D eigenvalue weighted by Crippen LogP contribution is 2.40. The Balaban J connectivity index is 0.770. The fraction of sp³-hybridized carbons (Fsp3) is 0.468. The van der Waals surface area contributed by atoms with Crippen LogP contribution in [-0.2, 0) is 38.5 Å². The van der Waals surface area contributed by atoms with Gasteiger partial charge < -0.3 is 29.5 Å². The molecule has 0 spiro atoms. The Morgan fingerprint density at radius 1 is 0.969 bits per heavy atom. The minimum absolute atomic E-state index is 0.0320. The minimum atomic E-state index is -0.650. The summed E-state index contributed by atoms with van der Waals surface area (Å²) >= 11 is 0.